The van der Waals surface area contributed by atoms with E-state index in [1.165, 1.54) is 16.5 Å². The molecule has 6 nitrogen and oxygen atoms in total. The van der Waals surface area contributed by atoms with Gasteiger partial charge in [0.2, 0.25) is 0 Å². The highest BCUT2D eigenvalue weighted by Gasteiger charge is 2.21. The minimum absolute atomic E-state index is 0.00724. The minimum Gasteiger partial charge on any atom is -0.496 e. The van der Waals surface area contributed by atoms with Gasteiger partial charge in [-0.15, -0.1) is 0 Å². The van der Waals surface area contributed by atoms with E-state index in [0.717, 1.165) is 50.5 Å². The van der Waals surface area contributed by atoms with Crippen molar-refractivity contribution in [1.29, 1.82) is 0 Å². The Balaban J connectivity index is 1.23. The average molecular weight is 393 g/mol. The first-order valence-corrected chi connectivity index (χ1v) is 10.2. The fourth-order valence-corrected chi connectivity index (χ4v) is 3.92. The predicted molar refractivity (Wildman–Crippen MR) is 115 cm³/mol. The molecule has 152 valence electrons. The van der Waals surface area contributed by atoms with Crippen molar-refractivity contribution >= 4 is 16.9 Å². The van der Waals surface area contributed by atoms with Crippen LogP contribution >= 0.6 is 0 Å². The molecule has 2 amide bonds. The van der Waals surface area contributed by atoms with E-state index < -0.39 is 0 Å². The van der Waals surface area contributed by atoms with Crippen LogP contribution < -0.4 is 10.1 Å². The molecule has 1 aliphatic rings. The van der Waals surface area contributed by atoms with Crippen molar-refractivity contribution in [3.63, 3.8) is 0 Å². The van der Waals surface area contributed by atoms with Crippen molar-refractivity contribution in [3.05, 3.63) is 65.9 Å². The second kappa shape index (κ2) is 9.01. The summed E-state index contributed by atoms with van der Waals surface area (Å²) in [5, 5.41) is 4.32. The number of nitrogens with one attached hydrogen (secondary N) is 2. The van der Waals surface area contributed by atoms with Crippen LogP contribution in [0, 0.1) is 0 Å². The number of aromatic nitrogens is 1. The second-order valence-corrected chi connectivity index (χ2v) is 7.41. The van der Waals surface area contributed by atoms with Crippen LogP contribution in [-0.4, -0.2) is 60.6 Å². The molecule has 2 heterocycles. The zero-order valence-corrected chi connectivity index (χ0v) is 16.9. The van der Waals surface area contributed by atoms with Gasteiger partial charge in [-0.2, -0.15) is 0 Å². The Morgan fingerprint density at radius 2 is 1.79 bits per heavy atom. The van der Waals surface area contributed by atoms with Crippen molar-refractivity contribution in [2.75, 3.05) is 39.8 Å². The normalized spacial score (nSPS) is 14.9. The average Bonchev–Trinajstić information content (AvgIpc) is 3.19. The van der Waals surface area contributed by atoms with Gasteiger partial charge in [0, 0.05) is 61.9 Å². The number of hydrogen-bond acceptors (Lipinski definition) is 3. The fraction of sp³-hybridized carbons (Fsp3) is 0.348. The zero-order chi connectivity index (χ0) is 20.1. The van der Waals surface area contributed by atoms with Gasteiger partial charge < -0.3 is 19.9 Å². The molecule has 29 heavy (non-hydrogen) atoms. The molecular weight excluding hydrogens is 364 g/mol. The number of carbonyl (C=O) groups excluding carboxylic acids is 1. The maximum Gasteiger partial charge on any atom is 0.317 e. The molecule has 1 fully saturated rings. The Kier molecular flexibility index (Phi) is 6.00. The first-order valence-electron chi connectivity index (χ1n) is 10.2. The zero-order valence-electron chi connectivity index (χ0n) is 16.9. The quantitative estimate of drug-likeness (QED) is 0.677. The molecule has 1 aliphatic heterocycles. The number of benzene rings is 2. The maximum atomic E-state index is 12.5. The fourth-order valence-electron chi connectivity index (χ4n) is 3.92. The highest BCUT2D eigenvalue weighted by Crippen LogP contribution is 2.19. The van der Waals surface area contributed by atoms with Gasteiger partial charge in [-0.05, 0) is 24.1 Å². The van der Waals surface area contributed by atoms with Gasteiger partial charge >= 0.3 is 6.03 Å². The number of aromatic amines is 1. The molecule has 0 aliphatic carbocycles. The minimum atomic E-state index is -0.00724. The number of hydrogen-bond donors (Lipinski definition) is 2. The van der Waals surface area contributed by atoms with E-state index >= 15 is 0 Å². The van der Waals surface area contributed by atoms with E-state index in [1.807, 2.05) is 29.2 Å². The van der Waals surface area contributed by atoms with Gasteiger partial charge in [0.05, 0.1) is 7.11 Å². The number of para-hydroxylation sites is 2. The Hall–Kier alpha value is -2.99. The third kappa shape index (κ3) is 4.54. The third-order valence-electron chi connectivity index (χ3n) is 5.65. The van der Waals surface area contributed by atoms with Gasteiger partial charge in [0.15, 0.2) is 0 Å². The summed E-state index contributed by atoms with van der Waals surface area (Å²) < 4.78 is 5.35. The molecule has 0 atom stereocenters. The topological polar surface area (TPSA) is 60.6 Å². The van der Waals surface area contributed by atoms with E-state index in [1.54, 1.807) is 7.11 Å². The Morgan fingerprint density at radius 3 is 2.62 bits per heavy atom. The van der Waals surface area contributed by atoms with Crippen molar-refractivity contribution in [1.82, 2.24) is 20.1 Å². The summed E-state index contributed by atoms with van der Waals surface area (Å²) in [6, 6.07) is 16.2. The number of H-pyrrole nitrogens is 1. The maximum absolute atomic E-state index is 12.5. The number of carbonyl (C=O) groups is 1. The molecule has 4 rings (SSSR count). The standard InChI is InChI=1S/C23H28N4O2/c1-29-22-9-5-2-6-19(22)17-25-23(28)27-14-12-26(13-15-27)11-10-18-16-24-21-8-4-3-7-20(18)21/h2-9,16,24H,10-15,17H2,1H3,(H,25,28). The molecule has 0 bridgehead atoms. The summed E-state index contributed by atoms with van der Waals surface area (Å²) >= 11 is 0. The number of methoxy groups -OCH3 is 1. The van der Waals surface area contributed by atoms with Crippen LogP contribution in [0.15, 0.2) is 54.7 Å². The highest BCUT2D eigenvalue weighted by atomic mass is 16.5. The van der Waals surface area contributed by atoms with Crippen molar-refractivity contribution in [2.24, 2.45) is 0 Å². The van der Waals surface area contributed by atoms with Gasteiger partial charge in [0.25, 0.3) is 0 Å². The molecule has 1 saturated heterocycles. The number of amides is 2. The summed E-state index contributed by atoms with van der Waals surface area (Å²) in [5.41, 5.74) is 3.54. The molecule has 0 radical (unpaired) electrons. The lowest BCUT2D eigenvalue weighted by atomic mass is 10.1. The monoisotopic (exact) mass is 392 g/mol. The van der Waals surface area contributed by atoms with Crippen molar-refractivity contribution in [2.45, 2.75) is 13.0 Å². The molecule has 0 saturated carbocycles. The predicted octanol–water partition coefficient (Wildman–Crippen LogP) is 3.25. The Morgan fingerprint density at radius 1 is 1.03 bits per heavy atom. The van der Waals surface area contributed by atoms with E-state index in [-0.39, 0.29) is 6.03 Å². The highest BCUT2D eigenvalue weighted by molar-refractivity contribution is 5.83. The molecular formula is C23H28N4O2. The third-order valence-corrected chi connectivity index (χ3v) is 5.65. The van der Waals surface area contributed by atoms with Crippen LogP contribution in [0.1, 0.15) is 11.1 Å². The summed E-state index contributed by atoms with van der Waals surface area (Å²) in [4.78, 5) is 20.2. The SMILES string of the molecule is COc1ccccc1CNC(=O)N1CCN(CCc2c[nH]c3ccccc23)CC1. The van der Waals surface area contributed by atoms with Crippen LogP contribution in [0.2, 0.25) is 0 Å². The van der Waals surface area contributed by atoms with Gasteiger partial charge in [-0.25, -0.2) is 4.79 Å². The summed E-state index contributed by atoms with van der Waals surface area (Å²) in [6.07, 6.45) is 3.14. The van der Waals surface area contributed by atoms with E-state index in [2.05, 4.69) is 45.7 Å². The van der Waals surface area contributed by atoms with Gasteiger partial charge in [-0.3, -0.25) is 4.90 Å². The number of nitrogens with zero attached hydrogens (tertiary/aromatic N) is 2. The molecule has 6 heteroatoms. The largest absolute Gasteiger partial charge is 0.496 e. The van der Waals surface area contributed by atoms with Gasteiger partial charge in [0.1, 0.15) is 5.75 Å². The second-order valence-electron chi connectivity index (χ2n) is 7.41. The first-order chi connectivity index (χ1) is 14.2. The van der Waals surface area contributed by atoms with E-state index in [0.29, 0.717) is 6.54 Å². The summed E-state index contributed by atoms with van der Waals surface area (Å²) in [6.45, 7) is 4.81. The van der Waals surface area contributed by atoms with Crippen LogP contribution in [0.25, 0.3) is 10.9 Å². The molecule has 2 N–H and O–H groups in total. The molecule has 3 aromatic rings. The van der Waals surface area contributed by atoms with Crippen LogP contribution in [0.4, 0.5) is 4.79 Å². The lowest BCUT2D eigenvalue weighted by molar-refractivity contribution is 0.140. The van der Waals surface area contributed by atoms with Gasteiger partial charge in [-0.1, -0.05) is 36.4 Å². The smallest absolute Gasteiger partial charge is 0.317 e. The Labute approximate surface area is 171 Å². The first kappa shape index (κ1) is 19.3. The summed E-state index contributed by atoms with van der Waals surface area (Å²) in [7, 11) is 1.65. The summed E-state index contributed by atoms with van der Waals surface area (Å²) in [5.74, 6) is 0.801. The van der Waals surface area contributed by atoms with Crippen molar-refractivity contribution < 1.29 is 9.53 Å². The van der Waals surface area contributed by atoms with Crippen LogP contribution in [0.3, 0.4) is 0 Å². The number of fused-ring (bicyclic) bond motifs is 1. The molecule has 0 unspecified atom stereocenters. The molecule has 2 aromatic carbocycles. The van der Waals surface area contributed by atoms with Crippen molar-refractivity contribution in [3.8, 4) is 5.75 Å². The van der Waals surface area contributed by atoms with E-state index in [9.17, 15) is 4.79 Å². The molecule has 1 aromatic heterocycles. The number of urea groups is 1. The lowest BCUT2D eigenvalue weighted by Gasteiger charge is -2.34. The number of rotatable bonds is 6. The van der Waals surface area contributed by atoms with Crippen LogP contribution in [0.5, 0.6) is 5.75 Å². The number of ether oxygens (including phenoxy) is 1. The number of piperazine rings is 1. The van der Waals surface area contributed by atoms with Crippen LogP contribution in [-0.2, 0) is 13.0 Å². The van der Waals surface area contributed by atoms with E-state index in [4.69, 9.17) is 4.74 Å². The lowest BCUT2D eigenvalue weighted by Crippen LogP contribution is -2.51. The Bertz CT molecular complexity index is 960. The molecule has 0 spiro atoms.